The second-order valence-corrected chi connectivity index (χ2v) is 5.90. The number of carbonyl (C=O) groups is 1. The third-order valence-electron chi connectivity index (χ3n) is 2.75. The fourth-order valence-corrected chi connectivity index (χ4v) is 2.81. The minimum atomic E-state index is -0.945. The number of amides is 1. The molecule has 1 aromatic carbocycles. The van der Waals surface area contributed by atoms with Crippen LogP contribution in [-0.4, -0.2) is 10.2 Å². The third-order valence-corrected chi connectivity index (χ3v) is 3.91. The molecule has 0 saturated carbocycles. The molecule has 1 saturated heterocycles. The fraction of sp³-hybridized carbons (Fsp3) is 0. The van der Waals surface area contributed by atoms with Gasteiger partial charge in [0.1, 0.15) is 15.8 Å². The zero-order chi connectivity index (χ0) is 15.0. The molecule has 3 nitrogen and oxygen atoms in total. The molecular formula is C14H7F2NO2S2. The summed E-state index contributed by atoms with van der Waals surface area (Å²) in [6.07, 6.45) is 1.54. The van der Waals surface area contributed by atoms with E-state index in [9.17, 15) is 13.6 Å². The van der Waals surface area contributed by atoms with E-state index in [0.29, 0.717) is 26.3 Å². The molecule has 0 radical (unpaired) electrons. The predicted octanol–water partition coefficient (Wildman–Crippen LogP) is 3.71. The van der Waals surface area contributed by atoms with Crippen LogP contribution >= 0.6 is 24.0 Å². The maximum Gasteiger partial charge on any atom is 0.263 e. The zero-order valence-corrected chi connectivity index (χ0v) is 12.0. The van der Waals surface area contributed by atoms with Crippen LogP contribution in [0.2, 0.25) is 0 Å². The lowest BCUT2D eigenvalue weighted by Gasteiger charge is -1.98. The van der Waals surface area contributed by atoms with Gasteiger partial charge in [-0.3, -0.25) is 4.79 Å². The number of furan rings is 1. The SMILES string of the molecule is O=C1NC(=S)S/C1=C/c1ccc(-c2ccc(F)c(F)c2)o1. The average Bonchev–Trinajstić information content (AvgIpc) is 3.01. The Labute approximate surface area is 128 Å². The van der Waals surface area contributed by atoms with Crippen molar-refractivity contribution in [3.8, 4) is 11.3 Å². The number of thioether (sulfide) groups is 1. The number of hydrogen-bond donors (Lipinski definition) is 1. The van der Waals surface area contributed by atoms with Crippen molar-refractivity contribution in [3.63, 3.8) is 0 Å². The second kappa shape index (κ2) is 5.42. The summed E-state index contributed by atoms with van der Waals surface area (Å²) >= 11 is 6.02. The number of benzene rings is 1. The Morgan fingerprint density at radius 3 is 2.67 bits per heavy atom. The van der Waals surface area contributed by atoms with Gasteiger partial charge in [0.25, 0.3) is 5.91 Å². The molecule has 0 unspecified atom stereocenters. The van der Waals surface area contributed by atoms with E-state index >= 15 is 0 Å². The minimum absolute atomic E-state index is 0.282. The van der Waals surface area contributed by atoms with E-state index in [4.69, 9.17) is 16.6 Å². The van der Waals surface area contributed by atoms with Crippen LogP contribution in [0, 0.1) is 11.6 Å². The van der Waals surface area contributed by atoms with E-state index in [0.717, 1.165) is 23.9 Å². The van der Waals surface area contributed by atoms with Gasteiger partial charge in [-0.05, 0) is 30.3 Å². The molecule has 0 spiro atoms. The van der Waals surface area contributed by atoms with Gasteiger partial charge < -0.3 is 9.73 Å². The van der Waals surface area contributed by atoms with Gasteiger partial charge in [0.05, 0.1) is 4.91 Å². The summed E-state index contributed by atoms with van der Waals surface area (Å²) in [6, 6.07) is 6.76. The maximum atomic E-state index is 13.2. The highest BCUT2D eigenvalue weighted by Gasteiger charge is 2.22. The van der Waals surface area contributed by atoms with Crippen LogP contribution in [0.3, 0.4) is 0 Å². The van der Waals surface area contributed by atoms with Crippen LogP contribution in [0.25, 0.3) is 17.4 Å². The van der Waals surface area contributed by atoms with Gasteiger partial charge in [-0.1, -0.05) is 24.0 Å². The summed E-state index contributed by atoms with van der Waals surface area (Å²) in [5.74, 6) is -1.33. The van der Waals surface area contributed by atoms with Crippen molar-refractivity contribution in [2.45, 2.75) is 0 Å². The molecule has 1 N–H and O–H groups in total. The number of hydrogen-bond acceptors (Lipinski definition) is 4. The highest BCUT2D eigenvalue weighted by atomic mass is 32.2. The van der Waals surface area contributed by atoms with Gasteiger partial charge in [-0.25, -0.2) is 8.78 Å². The summed E-state index contributed by atoms with van der Waals surface area (Å²) in [5.41, 5.74) is 0.414. The highest BCUT2D eigenvalue weighted by Crippen LogP contribution is 2.29. The maximum absolute atomic E-state index is 13.2. The summed E-state index contributed by atoms with van der Waals surface area (Å²) in [6.45, 7) is 0. The first-order valence-corrected chi connectivity index (χ1v) is 7.05. The van der Waals surface area contributed by atoms with Crippen molar-refractivity contribution in [2.24, 2.45) is 0 Å². The third kappa shape index (κ3) is 2.88. The van der Waals surface area contributed by atoms with Crippen LogP contribution in [0.5, 0.6) is 0 Å². The van der Waals surface area contributed by atoms with Crippen molar-refractivity contribution >= 4 is 40.3 Å². The molecule has 3 rings (SSSR count). The fourth-order valence-electron chi connectivity index (χ4n) is 1.79. The molecular weight excluding hydrogens is 316 g/mol. The smallest absolute Gasteiger partial charge is 0.263 e. The molecule has 7 heteroatoms. The van der Waals surface area contributed by atoms with E-state index in [-0.39, 0.29) is 5.91 Å². The molecule has 1 aliphatic rings. The molecule has 0 atom stereocenters. The van der Waals surface area contributed by atoms with Crippen LogP contribution in [0.1, 0.15) is 5.76 Å². The quantitative estimate of drug-likeness (QED) is 0.676. The number of nitrogens with one attached hydrogen (secondary N) is 1. The number of rotatable bonds is 2. The lowest BCUT2D eigenvalue weighted by molar-refractivity contribution is -0.115. The van der Waals surface area contributed by atoms with Crippen molar-refractivity contribution < 1.29 is 18.0 Å². The van der Waals surface area contributed by atoms with E-state index < -0.39 is 11.6 Å². The minimum Gasteiger partial charge on any atom is -0.457 e. The Morgan fingerprint density at radius 2 is 2.00 bits per heavy atom. The first-order valence-electron chi connectivity index (χ1n) is 5.83. The second-order valence-electron chi connectivity index (χ2n) is 4.18. The molecule has 0 bridgehead atoms. The monoisotopic (exact) mass is 323 g/mol. The predicted molar refractivity (Wildman–Crippen MR) is 80.4 cm³/mol. The number of thiocarbonyl (C=S) groups is 1. The Kier molecular flexibility index (Phi) is 3.60. The van der Waals surface area contributed by atoms with Crippen LogP contribution in [0.4, 0.5) is 8.78 Å². The Bertz CT molecular complexity index is 783. The van der Waals surface area contributed by atoms with Gasteiger partial charge in [0, 0.05) is 11.6 Å². The molecule has 1 aliphatic heterocycles. The molecule has 2 aromatic rings. The van der Waals surface area contributed by atoms with Gasteiger partial charge in [0.15, 0.2) is 11.6 Å². The first kappa shape index (κ1) is 14.0. The summed E-state index contributed by atoms with van der Waals surface area (Å²) in [7, 11) is 0. The van der Waals surface area contributed by atoms with E-state index in [1.54, 1.807) is 18.2 Å². The zero-order valence-electron chi connectivity index (χ0n) is 10.4. The molecule has 1 amide bonds. The van der Waals surface area contributed by atoms with Gasteiger partial charge in [0.2, 0.25) is 0 Å². The Morgan fingerprint density at radius 1 is 1.19 bits per heavy atom. The van der Waals surface area contributed by atoms with E-state index in [1.807, 2.05) is 0 Å². The summed E-state index contributed by atoms with van der Waals surface area (Å²) in [4.78, 5) is 11.9. The highest BCUT2D eigenvalue weighted by molar-refractivity contribution is 8.26. The Hall–Kier alpha value is -1.99. The molecule has 106 valence electrons. The average molecular weight is 323 g/mol. The molecule has 2 heterocycles. The largest absolute Gasteiger partial charge is 0.457 e. The topological polar surface area (TPSA) is 42.2 Å². The summed E-state index contributed by atoms with van der Waals surface area (Å²) < 4.78 is 32.0. The van der Waals surface area contributed by atoms with E-state index in [2.05, 4.69) is 5.32 Å². The molecule has 0 aliphatic carbocycles. The Balaban J connectivity index is 1.90. The molecule has 1 aromatic heterocycles. The van der Waals surface area contributed by atoms with Crippen molar-refractivity contribution in [3.05, 3.63) is 52.6 Å². The number of carbonyl (C=O) groups excluding carboxylic acids is 1. The molecule has 21 heavy (non-hydrogen) atoms. The van der Waals surface area contributed by atoms with Crippen LogP contribution < -0.4 is 5.32 Å². The standard InChI is InChI=1S/C14H7F2NO2S2/c15-9-3-1-7(5-10(9)16)11-4-2-8(19-11)6-12-13(18)17-14(20)21-12/h1-6H,(H,17,18,20)/b12-6+. The van der Waals surface area contributed by atoms with Gasteiger partial charge in [-0.2, -0.15) is 0 Å². The van der Waals surface area contributed by atoms with Crippen molar-refractivity contribution in [2.75, 3.05) is 0 Å². The lowest BCUT2D eigenvalue weighted by atomic mass is 10.1. The lowest BCUT2D eigenvalue weighted by Crippen LogP contribution is -2.17. The van der Waals surface area contributed by atoms with Crippen LogP contribution in [0.15, 0.2) is 39.7 Å². The number of halogens is 2. The van der Waals surface area contributed by atoms with Gasteiger partial charge >= 0.3 is 0 Å². The van der Waals surface area contributed by atoms with Gasteiger partial charge in [-0.15, -0.1) is 0 Å². The van der Waals surface area contributed by atoms with Crippen LogP contribution in [-0.2, 0) is 4.79 Å². The van der Waals surface area contributed by atoms with Crippen molar-refractivity contribution in [1.29, 1.82) is 0 Å². The normalized spacial score (nSPS) is 16.6. The molecule has 1 fully saturated rings. The van der Waals surface area contributed by atoms with Crippen molar-refractivity contribution in [1.82, 2.24) is 5.32 Å². The first-order chi connectivity index (χ1) is 10.0. The van der Waals surface area contributed by atoms with E-state index in [1.165, 1.54) is 6.07 Å². The summed E-state index contributed by atoms with van der Waals surface area (Å²) in [5, 5.41) is 2.49.